The maximum absolute atomic E-state index is 14.3. The van der Waals surface area contributed by atoms with Crippen molar-refractivity contribution in [2.75, 3.05) is 18.0 Å². The fourth-order valence-corrected chi connectivity index (χ4v) is 3.80. The number of hydrogen-bond donors (Lipinski definition) is 1. The van der Waals surface area contributed by atoms with Gasteiger partial charge in [0, 0.05) is 49.7 Å². The molecule has 0 aliphatic carbocycles. The van der Waals surface area contributed by atoms with Gasteiger partial charge < -0.3 is 10.2 Å². The summed E-state index contributed by atoms with van der Waals surface area (Å²) in [6, 6.07) is 9.38. The van der Waals surface area contributed by atoms with Gasteiger partial charge in [0.1, 0.15) is 23.1 Å². The highest BCUT2D eigenvalue weighted by Crippen LogP contribution is 2.26. The van der Waals surface area contributed by atoms with Crippen molar-refractivity contribution in [2.24, 2.45) is 7.05 Å². The number of nitrogens with one attached hydrogen (secondary N) is 1. The summed E-state index contributed by atoms with van der Waals surface area (Å²) in [6.45, 7) is 1.31. The van der Waals surface area contributed by atoms with E-state index >= 15 is 0 Å². The molecule has 0 radical (unpaired) electrons. The molecule has 1 saturated heterocycles. The van der Waals surface area contributed by atoms with Gasteiger partial charge in [0.15, 0.2) is 0 Å². The number of benzene rings is 2. The third-order valence-electron chi connectivity index (χ3n) is 5.19. The van der Waals surface area contributed by atoms with E-state index in [0.29, 0.717) is 6.54 Å². The molecule has 0 spiro atoms. The molecular formula is C22H21F3N4O. The summed E-state index contributed by atoms with van der Waals surface area (Å²) in [7, 11) is 1.63. The second-order valence-electron chi connectivity index (χ2n) is 7.43. The van der Waals surface area contributed by atoms with Crippen LogP contribution in [0.25, 0.3) is 11.3 Å². The van der Waals surface area contributed by atoms with Crippen LogP contribution in [0.4, 0.5) is 18.9 Å². The van der Waals surface area contributed by atoms with E-state index in [0.717, 1.165) is 37.2 Å². The zero-order chi connectivity index (χ0) is 21.3. The second-order valence-corrected chi connectivity index (χ2v) is 7.43. The summed E-state index contributed by atoms with van der Waals surface area (Å²) in [5.74, 6) is -2.16. The first-order valence-electron chi connectivity index (χ1n) is 9.71. The molecule has 0 saturated carbocycles. The molecule has 2 heterocycles. The lowest BCUT2D eigenvalue weighted by Crippen LogP contribution is -2.47. The molecule has 1 atom stereocenters. The highest BCUT2D eigenvalue weighted by molar-refractivity contribution is 6.00. The molecule has 3 aromatic rings. The largest absolute Gasteiger partial charge is 0.369 e. The van der Waals surface area contributed by atoms with Crippen molar-refractivity contribution in [2.45, 2.75) is 18.9 Å². The molecule has 8 heteroatoms. The molecule has 0 bridgehead atoms. The molecule has 1 N–H and O–H groups in total. The van der Waals surface area contributed by atoms with E-state index in [4.69, 9.17) is 0 Å². The summed E-state index contributed by atoms with van der Waals surface area (Å²) in [5.41, 5.74) is 1.20. The normalized spacial score (nSPS) is 16.5. The Morgan fingerprint density at radius 2 is 1.93 bits per heavy atom. The number of anilines is 1. The number of halogens is 3. The molecule has 1 amide bonds. The first-order valence-corrected chi connectivity index (χ1v) is 9.71. The molecule has 1 aromatic heterocycles. The summed E-state index contributed by atoms with van der Waals surface area (Å²) in [4.78, 5) is 15.0. The van der Waals surface area contributed by atoms with E-state index in [-0.39, 0.29) is 34.6 Å². The number of aryl methyl sites for hydroxylation is 1. The highest BCUT2D eigenvalue weighted by Gasteiger charge is 2.25. The van der Waals surface area contributed by atoms with E-state index in [9.17, 15) is 18.0 Å². The topological polar surface area (TPSA) is 50.2 Å². The van der Waals surface area contributed by atoms with Gasteiger partial charge in [-0.2, -0.15) is 5.10 Å². The Labute approximate surface area is 172 Å². The minimum Gasteiger partial charge on any atom is -0.369 e. The molecule has 2 aromatic carbocycles. The van der Waals surface area contributed by atoms with Crippen molar-refractivity contribution in [3.05, 3.63) is 71.7 Å². The van der Waals surface area contributed by atoms with Crippen molar-refractivity contribution in [1.82, 2.24) is 15.1 Å². The van der Waals surface area contributed by atoms with Gasteiger partial charge in [-0.25, -0.2) is 13.2 Å². The lowest BCUT2D eigenvalue weighted by molar-refractivity contribution is 0.0933. The lowest BCUT2D eigenvalue weighted by Gasteiger charge is -2.34. The smallest absolute Gasteiger partial charge is 0.255 e. The maximum atomic E-state index is 14.3. The van der Waals surface area contributed by atoms with Crippen LogP contribution in [0.3, 0.4) is 0 Å². The second kappa shape index (κ2) is 8.22. The Balaban J connectivity index is 1.53. The van der Waals surface area contributed by atoms with Crippen molar-refractivity contribution >= 4 is 11.6 Å². The average Bonchev–Trinajstić information content (AvgIpc) is 3.10. The Kier molecular flexibility index (Phi) is 5.48. The van der Waals surface area contributed by atoms with Crippen LogP contribution in [-0.4, -0.2) is 34.8 Å². The van der Waals surface area contributed by atoms with Crippen LogP contribution in [0, 0.1) is 17.5 Å². The number of carbonyl (C=O) groups is 1. The van der Waals surface area contributed by atoms with Crippen molar-refractivity contribution in [3.63, 3.8) is 0 Å². The Morgan fingerprint density at radius 3 is 2.70 bits per heavy atom. The van der Waals surface area contributed by atoms with Gasteiger partial charge in [0.2, 0.25) is 0 Å². The number of aromatic nitrogens is 2. The van der Waals surface area contributed by atoms with Crippen LogP contribution < -0.4 is 10.2 Å². The first kappa shape index (κ1) is 20.0. The standard InChI is InChI=1S/C22H21F3N4O/c1-28-13-19(21(27-28)18-8-7-15(24)11-20(18)25)22(30)26-16-5-3-9-29(12-16)17-6-2-4-14(23)10-17/h2,4,6-8,10-11,13,16H,3,5,9,12H2,1H3,(H,26,30). The fourth-order valence-electron chi connectivity index (χ4n) is 3.80. The molecule has 1 aliphatic heterocycles. The number of nitrogens with zero attached hydrogens (tertiary/aromatic N) is 3. The van der Waals surface area contributed by atoms with Crippen molar-refractivity contribution in [1.29, 1.82) is 0 Å². The quantitative estimate of drug-likeness (QED) is 0.705. The monoisotopic (exact) mass is 414 g/mol. The maximum Gasteiger partial charge on any atom is 0.255 e. The number of amides is 1. The molecule has 1 aliphatic rings. The molecular weight excluding hydrogens is 393 g/mol. The first-order chi connectivity index (χ1) is 14.4. The average molecular weight is 414 g/mol. The number of hydrogen-bond acceptors (Lipinski definition) is 3. The van der Waals surface area contributed by atoms with Gasteiger partial charge in [-0.15, -0.1) is 0 Å². The molecule has 4 rings (SSSR count). The SMILES string of the molecule is Cn1cc(C(=O)NC2CCCN(c3cccc(F)c3)C2)c(-c2ccc(F)cc2F)n1. The summed E-state index contributed by atoms with van der Waals surface area (Å²) >= 11 is 0. The number of piperidine rings is 1. The van der Waals surface area contributed by atoms with Crippen LogP contribution in [0.1, 0.15) is 23.2 Å². The van der Waals surface area contributed by atoms with E-state index in [1.807, 2.05) is 11.0 Å². The predicted molar refractivity (Wildman–Crippen MR) is 108 cm³/mol. The lowest BCUT2D eigenvalue weighted by atomic mass is 10.0. The summed E-state index contributed by atoms with van der Waals surface area (Å²) < 4.78 is 42.5. The van der Waals surface area contributed by atoms with Gasteiger partial charge in [0.25, 0.3) is 5.91 Å². The third-order valence-corrected chi connectivity index (χ3v) is 5.19. The number of rotatable bonds is 4. The molecule has 1 unspecified atom stereocenters. The van der Waals surface area contributed by atoms with Crippen LogP contribution in [0.5, 0.6) is 0 Å². The van der Waals surface area contributed by atoms with Crippen LogP contribution in [-0.2, 0) is 7.05 Å². The van der Waals surface area contributed by atoms with Crippen LogP contribution in [0.15, 0.2) is 48.7 Å². The zero-order valence-corrected chi connectivity index (χ0v) is 16.4. The summed E-state index contributed by atoms with van der Waals surface area (Å²) in [5, 5.41) is 7.18. The van der Waals surface area contributed by atoms with Crippen LogP contribution >= 0.6 is 0 Å². The van der Waals surface area contributed by atoms with E-state index in [1.54, 1.807) is 13.1 Å². The fraction of sp³-hybridized carbons (Fsp3) is 0.273. The number of carbonyl (C=O) groups excluding carboxylic acids is 1. The van der Waals surface area contributed by atoms with Gasteiger partial charge in [-0.05, 0) is 43.2 Å². The van der Waals surface area contributed by atoms with Gasteiger partial charge in [-0.1, -0.05) is 6.07 Å². The Hall–Kier alpha value is -3.29. The van der Waals surface area contributed by atoms with Crippen molar-refractivity contribution in [3.8, 4) is 11.3 Å². The predicted octanol–water partition coefficient (Wildman–Crippen LogP) is 3.90. The van der Waals surface area contributed by atoms with E-state index in [2.05, 4.69) is 10.4 Å². The van der Waals surface area contributed by atoms with E-state index < -0.39 is 11.6 Å². The zero-order valence-electron chi connectivity index (χ0n) is 16.4. The minimum atomic E-state index is -0.780. The molecule has 156 valence electrons. The van der Waals surface area contributed by atoms with Gasteiger partial charge in [0.05, 0.1) is 5.56 Å². The van der Waals surface area contributed by atoms with Gasteiger partial charge in [-0.3, -0.25) is 9.48 Å². The Bertz CT molecular complexity index is 1080. The minimum absolute atomic E-state index is 0.0622. The van der Waals surface area contributed by atoms with Crippen molar-refractivity contribution < 1.29 is 18.0 Å². The molecule has 1 fully saturated rings. The highest BCUT2D eigenvalue weighted by atomic mass is 19.1. The molecule has 5 nitrogen and oxygen atoms in total. The summed E-state index contributed by atoms with van der Waals surface area (Å²) in [6.07, 6.45) is 3.13. The van der Waals surface area contributed by atoms with E-state index in [1.165, 1.54) is 29.1 Å². The van der Waals surface area contributed by atoms with Crippen LogP contribution in [0.2, 0.25) is 0 Å². The Morgan fingerprint density at radius 1 is 1.13 bits per heavy atom. The molecule has 30 heavy (non-hydrogen) atoms. The van der Waals surface area contributed by atoms with Gasteiger partial charge >= 0.3 is 0 Å². The third kappa shape index (κ3) is 4.17.